The molecule has 2 aromatic heterocycles. The van der Waals surface area contributed by atoms with E-state index in [4.69, 9.17) is 0 Å². The lowest BCUT2D eigenvalue weighted by Crippen LogP contribution is -2.27. The number of halogens is 3. The number of benzene rings is 1. The lowest BCUT2D eigenvalue weighted by molar-refractivity contribution is -0.137. The van der Waals surface area contributed by atoms with Crippen LogP contribution >= 0.6 is 0 Å². The van der Waals surface area contributed by atoms with Crippen LogP contribution in [0.4, 0.5) is 18.9 Å². The topological polar surface area (TPSA) is 121 Å². The van der Waals surface area contributed by atoms with Crippen molar-refractivity contribution >= 4 is 32.3 Å². The second-order valence-electron chi connectivity index (χ2n) is 8.66. The van der Waals surface area contributed by atoms with Gasteiger partial charge in [-0.2, -0.15) is 13.2 Å². The summed E-state index contributed by atoms with van der Waals surface area (Å²) in [4.78, 5) is 20.3. The quantitative estimate of drug-likeness (QED) is 0.155. The molecule has 3 N–H and O–H groups in total. The van der Waals surface area contributed by atoms with Crippen molar-refractivity contribution in [2.75, 3.05) is 11.1 Å². The average molecular weight is 539 g/mol. The van der Waals surface area contributed by atoms with Gasteiger partial charge in [-0.25, -0.2) is 13.9 Å². The minimum absolute atomic E-state index is 0.0781. The Morgan fingerprint density at radius 1 is 1.08 bits per heavy atom. The van der Waals surface area contributed by atoms with Gasteiger partial charge >= 0.3 is 6.18 Å². The van der Waals surface area contributed by atoms with Gasteiger partial charge in [0.2, 0.25) is 0 Å². The number of pyridine rings is 2. The molecule has 0 spiro atoms. The molecular weight excluding hydrogens is 509 g/mol. The minimum atomic E-state index is -4.62. The van der Waals surface area contributed by atoms with E-state index in [2.05, 4.69) is 22.2 Å². The van der Waals surface area contributed by atoms with E-state index in [-0.39, 0.29) is 27.9 Å². The number of aromatic nitrogens is 2. The summed E-state index contributed by atoms with van der Waals surface area (Å²) in [5.41, 5.74) is 0.395. The van der Waals surface area contributed by atoms with Crippen LogP contribution in [0.15, 0.2) is 48.9 Å². The summed E-state index contributed by atoms with van der Waals surface area (Å²) in [6.45, 7) is 2.09. The van der Waals surface area contributed by atoms with Crippen molar-refractivity contribution in [2.24, 2.45) is 0 Å². The zero-order valence-electron chi connectivity index (χ0n) is 20.3. The molecule has 0 radical (unpaired) electrons. The predicted octanol–water partition coefficient (Wildman–Crippen LogP) is 5.65. The Labute approximate surface area is 213 Å². The van der Waals surface area contributed by atoms with E-state index in [1.165, 1.54) is 17.9 Å². The molecule has 37 heavy (non-hydrogen) atoms. The van der Waals surface area contributed by atoms with Crippen LogP contribution in [0, 0.1) is 0 Å². The van der Waals surface area contributed by atoms with Gasteiger partial charge in [0.05, 0.1) is 28.1 Å². The van der Waals surface area contributed by atoms with Crippen molar-refractivity contribution in [1.29, 1.82) is 0 Å². The van der Waals surface area contributed by atoms with Crippen LogP contribution in [-0.4, -0.2) is 35.3 Å². The second-order valence-corrected chi connectivity index (χ2v) is 10.9. The highest BCUT2D eigenvalue weighted by Gasteiger charge is 2.32. The van der Waals surface area contributed by atoms with Crippen LogP contribution in [0.3, 0.4) is 0 Å². The molecule has 0 aliphatic rings. The molecule has 1 atom stereocenters. The summed E-state index contributed by atoms with van der Waals surface area (Å²) >= 11 is 0. The molecule has 1 unspecified atom stereocenters. The number of amides is 1. The highest BCUT2D eigenvalue weighted by molar-refractivity contribution is 7.91. The molecule has 8 nitrogen and oxygen atoms in total. The fourth-order valence-electron chi connectivity index (χ4n) is 4.00. The van der Waals surface area contributed by atoms with Gasteiger partial charge in [-0.1, -0.05) is 51.2 Å². The molecular formula is C25H29F3N4O4S. The van der Waals surface area contributed by atoms with Crippen molar-refractivity contribution in [3.8, 4) is 0 Å². The Bertz CT molecular complexity index is 1320. The van der Waals surface area contributed by atoms with Gasteiger partial charge in [-0.05, 0) is 24.6 Å². The van der Waals surface area contributed by atoms with Gasteiger partial charge in [-0.15, -0.1) is 0 Å². The molecule has 1 amide bonds. The third kappa shape index (κ3) is 7.16. The number of anilines is 1. The number of carbonyl (C=O) groups is 1. The Morgan fingerprint density at radius 3 is 2.46 bits per heavy atom. The maximum absolute atomic E-state index is 13.5. The first-order valence-corrected chi connectivity index (χ1v) is 13.6. The van der Waals surface area contributed by atoms with Crippen LogP contribution in [0.25, 0.3) is 10.9 Å². The SMILES string of the molecule is CCCCCCCCS(=O)(=O)C(Nc1c(C(=O)NO)cnc2cc(C(F)(F)F)ccc12)c1cccnc1. The maximum atomic E-state index is 13.5. The Morgan fingerprint density at radius 2 is 1.81 bits per heavy atom. The van der Waals surface area contributed by atoms with E-state index in [0.29, 0.717) is 12.0 Å². The van der Waals surface area contributed by atoms with Crippen molar-refractivity contribution in [1.82, 2.24) is 15.4 Å². The standard InChI is InChI=1S/C25H29F3N4O4S/c1-2-3-4-5-6-7-13-37(35,36)24(17-9-8-12-29-15-17)31-22-19-11-10-18(25(26,27)28)14-21(19)30-16-20(22)23(33)32-34/h8-12,14-16,24,34H,2-7,13H2,1H3,(H,30,31)(H,32,33). The number of hydroxylamine groups is 1. The molecule has 200 valence electrons. The van der Waals surface area contributed by atoms with Crippen molar-refractivity contribution in [3.63, 3.8) is 0 Å². The lowest BCUT2D eigenvalue weighted by Gasteiger charge is -2.23. The molecule has 3 rings (SSSR count). The van der Waals surface area contributed by atoms with Crippen LogP contribution in [0.5, 0.6) is 0 Å². The molecule has 1 aromatic carbocycles. The number of carbonyl (C=O) groups excluding carboxylic acids is 1. The number of unbranched alkanes of at least 4 members (excludes halogenated alkanes) is 5. The van der Waals surface area contributed by atoms with E-state index in [1.807, 2.05) is 0 Å². The highest BCUT2D eigenvalue weighted by Crippen LogP contribution is 2.36. The lowest BCUT2D eigenvalue weighted by atomic mass is 10.1. The first-order valence-electron chi connectivity index (χ1n) is 11.9. The molecule has 0 fully saturated rings. The summed E-state index contributed by atoms with van der Waals surface area (Å²) < 4.78 is 66.8. The van der Waals surface area contributed by atoms with Crippen LogP contribution in [0.2, 0.25) is 0 Å². The van der Waals surface area contributed by atoms with Gasteiger partial charge in [0.25, 0.3) is 5.91 Å². The summed E-state index contributed by atoms with van der Waals surface area (Å²) in [5, 5.41) is 10.8. The first kappa shape index (κ1) is 28.3. The zero-order valence-corrected chi connectivity index (χ0v) is 21.1. The van der Waals surface area contributed by atoms with Crippen molar-refractivity contribution in [3.05, 3.63) is 65.6 Å². The van der Waals surface area contributed by atoms with Crippen LogP contribution in [-0.2, 0) is 16.0 Å². The largest absolute Gasteiger partial charge is 0.416 e. The summed E-state index contributed by atoms with van der Waals surface area (Å²) in [7, 11) is -3.86. The Kier molecular flexibility index (Phi) is 9.44. The maximum Gasteiger partial charge on any atom is 0.416 e. The molecule has 2 heterocycles. The Balaban J connectivity index is 2.05. The zero-order chi connectivity index (χ0) is 27.1. The number of nitrogens with zero attached hydrogens (tertiary/aromatic N) is 2. The molecule has 0 aliphatic carbocycles. The normalized spacial score (nSPS) is 12.9. The molecule has 12 heteroatoms. The smallest absolute Gasteiger partial charge is 0.364 e. The van der Waals surface area contributed by atoms with Crippen molar-refractivity contribution < 1.29 is 31.6 Å². The fourth-order valence-corrected chi connectivity index (χ4v) is 5.70. The average Bonchev–Trinajstić information content (AvgIpc) is 2.88. The molecule has 3 aromatic rings. The van der Waals surface area contributed by atoms with Crippen LogP contribution < -0.4 is 10.8 Å². The second kappa shape index (κ2) is 12.3. The summed E-state index contributed by atoms with van der Waals surface area (Å²) in [5.74, 6) is -1.15. The summed E-state index contributed by atoms with van der Waals surface area (Å²) in [6.07, 6.45) is 4.44. The van der Waals surface area contributed by atoms with Gasteiger partial charge in [0.1, 0.15) is 0 Å². The van der Waals surface area contributed by atoms with Crippen molar-refractivity contribution in [2.45, 2.75) is 57.0 Å². The molecule has 0 bridgehead atoms. The fraction of sp³-hybridized carbons (Fsp3) is 0.400. The number of alkyl halides is 3. The molecule has 0 saturated heterocycles. The van der Waals surface area contributed by atoms with Gasteiger partial charge in [0, 0.05) is 29.5 Å². The van der Waals surface area contributed by atoms with E-state index in [9.17, 15) is 31.6 Å². The van der Waals surface area contributed by atoms with E-state index in [0.717, 1.165) is 56.5 Å². The van der Waals surface area contributed by atoms with Crippen LogP contribution in [0.1, 0.15) is 72.3 Å². The highest BCUT2D eigenvalue weighted by atomic mass is 32.2. The number of sulfone groups is 1. The van der Waals surface area contributed by atoms with Gasteiger partial charge in [-0.3, -0.25) is 20.0 Å². The number of nitrogens with one attached hydrogen (secondary N) is 2. The summed E-state index contributed by atoms with van der Waals surface area (Å²) in [6, 6.07) is 5.86. The van der Waals surface area contributed by atoms with E-state index in [1.54, 1.807) is 12.1 Å². The predicted molar refractivity (Wildman–Crippen MR) is 134 cm³/mol. The first-order chi connectivity index (χ1) is 17.6. The number of hydrogen-bond donors (Lipinski definition) is 3. The van der Waals surface area contributed by atoms with Gasteiger partial charge in [0.15, 0.2) is 15.2 Å². The number of fused-ring (bicyclic) bond motifs is 1. The number of rotatable bonds is 12. The third-order valence-electron chi connectivity index (χ3n) is 5.95. The Hall–Kier alpha value is -3.25. The third-order valence-corrected chi connectivity index (χ3v) is 7.91. The monoisotopic (exact) mass is 538 g/mol. The number of hydrogen-bond acceptors (Lipinski definition) is 7. The molecule has 0 aliphatic heterocycles. The van der Waals surface area contributed by atoms with E-state index < -0.39 is 32.9 Å². The minimum Gasteiger partial charge on any atom is -0.364 e. The molecule has 0 saturated carbocycles. The van der Waals surface area contributed by atoms with E-state index >= 15 is 0 Å². The van der Waals surface area contributed by atoms with Gasteiger partial charge < -0.3 is 5.32 Å².